The molecule has 2 rings (SSSR count). The number of aliphatic imine (C=N–C) groups is 1. The standard InChI is InChI=1S/C13H16N4/c14-11-5-12(15)7-13(6-11)17-9-10-3-1-2-4-16-8-10/h1-3,5-8,17H,4,9,14-15H2. The Morgan fingerprint density at radius 2 is 1.94 bits per heavy atom. The number of nitrogens with two attached hydrogens (primary N) is 2. The molecular weight excluding hydrogens is 212 g/mol. The Kier molecular flexibility index (Phi) is 3.45. The Bertz CT molecular complexity index is 466. The molecule has 1 aromatic rings. The maximum absolute atomic E-state index is 5.72. The van der Waals surface area contributed by atoms with Crippen LogP contribution in [0.1, 0.15) is 0 Å². The maximum Gasteiger partial charge on any atom is 0.0573 e. The van der Waals surface area contributed by atoms with Gasteiger partial charge in [0.1, 0.15) is 0 Å². The minimum atomic E-state index is 0.663. The van der Waals surface area contributed by atoms with Crippen molar-refractivity contribution in [2.45, 2.75) is 0 Å². The Morgan fingerprint density at radius 1 is 1.18 bits per heavy atom. The van der Waals surface area contributed by atoms with Crippen LogP contribution in [0.15, 0.2) is 47.0 Å². The van der Waals surface area contributed by atoms with E-state index in [9.17, 15) is 0 Å². The molecule has 1 heterocycles. The Hall–Kier alpha value is -2.23. The normalized spacial score (nSPS) is 14.2. The molecular formula is C13H16N4. The number of nitrogens with zero attached hydrogens (tertiary/aromatic N) is 1. The van der Waals surface area contributed by atoms with Crippen molar-refractivity contribution in [2.24, 2.45) is 4.99 Å². The topological polar surface area (TPSA) is 76.4 Å². The molecule has 0 radical (unpaired) electrons. The van der Waals surface area contributed by atoms with Crippen molar-refractivity contribution < 1.29 is 0 Å². The third kappa shape index (κ3) is 3.38. The predicted octanol–water partition coefficient (Wildman–Crippen LogP) is 1.83. The molecule has 0 unspecified atom stereocenters. The van der Waals surface area contributed by atoms with Crippen molar-refractivity contribution in [1.82, 2.24) is 0 Å². The van der Waals surface area contributed by atoms with Crippen molar-refractivity contribution in [3.63, 3.8) is 0 Å². The molecule has 1 aliphatic rings. The molecule has 1 aliphatic heterocycles. The molecule has 4 heteroatoms. The van der Waals surface area contributed by atoms with Gasteiger partial charge in [0, 0.05) is 29.8 Å². The predicted molar refractivity (Wildman–Crippen MR) is 74.3 cm³/mol. The average molecular weight is 228 g/mol. The monoisotopic (exact) mass is 228 g/mol. The van der Waals surface area contributed by atoms with Gasteiger partial charge in [-0.1, -0.05) is 18.2 Å². The first kappa shape index (κ1) is 11.3. The van der Waals surface area contributed by atoms with Gasteiger partial charge >= 0.3 is 0 Å². The van der Waals surface area contributed by atoms with E-state index in [1.54, 1.807) is 6.07 Å². The Balaban J connectivity index is 2.02. The van der Waals surface area contributed by atoms with Crippen LogP contribution >= 0.6 is 0 Å². The quantitative estimate of drug-likeness (QED) is 0.691. The van der Waals surface area contributed by atoms with Crippen LogP contribution in [0.2, 0.25) is 0 Å². The summed E-state index contributed by atoms with van der Waals surface area (Å²) in [5.41, 5.74) is 14.8. The fourth-order valence-corrected chi connectivity index (χ4v) is 1.61. The number of nitrogens with one attached hydrogen (secondary N) is 1. The van der Waals surface area contributed by atoms with Gasteiger partial charge in [-0.25, -0.2) is 0 Å². The summed E-state index contributed by atoms with van der Waals surface area (Å²) in [5, 5.41) is 3.27. The number of nitrogen functional groups attached to an aromatic ring is 2. The van der Waals surface area contributed by atoms with Crippen LogP contribution in [0.3, 0.4) is 0 Å². The zero-order chi connectivity index (χ0) is 12.1. The van der Waals surface area contributed by atoms with Gasteiger partial charge in [0.25, 0.3) is 0 Å². The summed E-state index contributed by atoms with van der Waals surface area (Å²) in [6.45, 7) is 1.45. The number of rotatable bonds is 3. The summed E-state index contributed by atoms with van der Waals surface area (Å²) in [7, 11) is 0. The number of allylic oxidation sites excluding steroid dienone is 2. The maximum atomic E-state index is 5.72. The van der Waals surface area contributed by atoms with E-state index in [-0.39, 0.29) is 0 Å². The molecule has 0 atom stereocenters. The van der Waals surface area contributed by atoms with Crippen LogP contribution in [-0.4, -0.2) is 19.3 Å². The summed E-state index contributed by atoms with van der Waals surface area (Å²) in [5.74, 6) is 0. The van der Waals surface area contributed by atoms with E-state index in [4.69, 9.17) is 11.5 Å². The lowest BCUT2D eigenvalue weighted by atomic mass is 10.2. The van der Waals surface area contributed by atoms with Crippen LogP contribution in [0.4, 0.5) is 17.1 Å². The number of benzene rings is 1. The lowest BCUT2D eigenvalue weighted by molar-refractivity contribution is 1.25. The van der Waals surface area contributed by atoms with Crippen molar-refractivity contribution in [3.05, 3.63) is 42.0 Å². The summed E-state index contributed by atoms with van der Waals surface area (Å²) in [4.78, 5) is 4.23. The minimum absolute atomic E-state index is 0.663. The molecule has 0 aromatic heterocycles. The van der Waals surface area contributed by atoms with Gasteiger partial charge in [0.2, 0.25) is 0 Å². The summed E-state index contributed by atoms with van der Waals surface area (Å²) in [6, 6.07) is 5.46. The van der Waals surface area contributed by atoms with E-state index in [2.05, 4.69) is 10.3 Å². The van der Waals surface area contributed by atoms with Crippen LogP contribution in [0.25, 0.3) is 0 Å². The van der Waals surface area contributed by atoms with Gasteiger partial charge in [-0.15, -0.1) is 0 Å². The largest absolute Gasteiger partial charge is 0.399 e. The van der Waals surface area contributed by atoms with E-state index in [1.165, 1.54) is 0 Å². The number of hydrogen-bond acceptors (Lipinski definition) is 4. The second-order valence-corrected chi connectivity index (χ2v) is 3.91. The van der Waals surface area contributed by atoms with Crippen LogP contribution in [-0.2, 0) is 0 Å². The molecule has 0 aliphatic carbocycles. The van der Waals surface area contributed by atoms with Gasteiger partial charge in [0.15, 0.2) is 0 Å². The average Bonchev–Trinajstić information content (AvgIpc) is 2.53. The Labute approximate surface area is 101 Å². The van der Waals surface area contributed by atoms with Crippen molar-refractivity contribution in [1.29, 1.82) is 0 Å². The Morgan fingerprint density at radius 3 is 2.71 bits per heavy atom. The highest BCUT2D eigenvalue weighted by Gasteiger charge is 1.98. The van der Waals surface area contributed by atoms with Gasteiger partial charge in [-0.3, -0.25) is 4.99 Å². The van der Waals surface area contributed by atoms with E-state index in [0.29, 0.717) is 17.9 Å². The fourth-order valence-electron chi connectivity index (χ4n) is 1.61. The molecule has 1 aromatic carbocycles. The molecule has 0 fully saturated rings. The summed E-state index contributed by atoms with van der Waals surface area (Å²) in [6.07, 6.45) is 7.95. The zero-order valence-corrected chi connectivity index (χ0v) is 9.56. The lowest BCUT2D eigenvalue weighted by Gasteiger charge is -2.08. The van der Waals surface area contributed by atoms with Crippen LogP contribution in [0.5, 0.6) is 0 Å². The van der Waals surface area contributed by atoms with Crippen molar-refractivity contribution >= 4 is 23.3 Å². The van der Waals surface area contributed by atoms with E-state index >= 15 is 0 Å². The second kappa shape index (κ2) is 5.21. The molecule has 0 saturated heterocycles. The molecule has 0 amide bonds. The van der Waals surface area contributed by atoms with Gasteiger partial charge < -0.3 is 16.8 Å². The third-order valence-corrected chi connectivity index (χ3v) is 2.39. The highest BCUT2D eigenvalue weighted by atomic mass is 14.9. The summed E-state index contributed by atoms with van der Waals surface area (Å²) >= 11 is 0. The smallest absolute Gasteiger partial charge is 0.0573 e. The SMILES string of the molecule is Nc1cc(N)cc(NCC2=CC=CCN=C2)c1. The molecule has 0 bridgehead atoms. The van der Waals surface area contributed by atoms with Crippen molar-refractivity contribution in [2.75, 3.05) is 29.9 Å². The first-order valence-corrected chi connectivity index (χ1v) is 5.49. The number of anilines is 3. The molecule has 4 nitrogen and oxygen atoms in total. The van der Waals surface area contributed by atoms with Gasteiger partial charge in [0.05, 0.1) is 6.54 Å². The van der Waals surface area contributed by atoms with E-state index < -0.39 is 0 Å². The first-order chi connectivity index (χ1) is 8.24. The minimum Gasteiger partial charge on any atom is -0.399 e. The highest BCUT2D eigenvalue weighted by Crippen LogP contribution is 2.18. The van der Waals surface area contributed by atoms with Gasteiger partial charge in [-0.05, 0) is 23.8 Å². The lowest BCUT2D eigenvalue weighted by Crippen LogP contribution is -2.06. The second-order valence-electron chi connectivity index (χ2n) is 3.91. The first-order valence-electron chi connectivity index (χ1n) is 5.49. The number of hydrogen-bond donors (Lipinski definition) is 3. The van der Waals surface area contributed by atoms with Crippen molar-refractivity contribution in [3.8, 4) is 0 Å². The van der Waals surface area contributed by atoms with E-state index in [1.807, 2.05) is 36.6 Å². The summed E-state index contributed by atoms with van der Waals surface area (Å²) < 4.78 is 0. The zero-order valence-electron chi connectivity index (χ0n) is 9.56. The molecule has 5 N–H and O–H groups in total. The van der Waals surface area contributed by atoms with E-state index in [0.717, 1.165) is 17.8 Å². The molecule has 0 saturated carbocycles. The third-order valence-electron chi connectivity index (χ3n) is 2.39. The highest BCUT2D eigenvalue weighted by molar-refractivity contribution is 5.81. The van der Waals surface area contributed by atoms with Crippen LogP contribution < -0.4 is 16.8 Å². The fraction of sp³-hybridized carbons (Fsp3) is 0.154. The molecule has 0 spiro atoms. The molecule has 88 valence electrons. The van der Waals surface area contributed by atoms with Crippen LogP contribution in [0, 0.1) is 0 Å². The molecule has 17 heavy (non-hydrogen) atoms. The van der Waals surface area contributed by atoms with Gasteiger partial charge in [-0.2, -0.15) is 0 Å².